The predicted molar refractivity (Wildman–Crippen MR) is 147 cm³/mol. The van der Waals surface area contributed by atoms with Crippen LogP contribution in [0.5, 0.6) is 11.5 Å². The molecule has 0 bridgehead atoms. The van der Waals surface area contributed by atoms with Gasteiger partial charge in [-0.2, -0.15) is 0 Å². The van der Waals surface area contributed by atoms with E-state index in [9.17, 15) is 14.0 Å². The second kappa shape index (κ2) is 10.8. The Morgan fingerprint density at radius 2 is 1.76 bits per heavy atom. The fourth-order valence-electron chi connectivity index (χ4n) is 4.09. The van der Waals surface area contributed by atoms with E-state index in [1.165, 1.54) is 12.1 Å². The lowest BCUT2D eigenvalue weighted by Gasteiger charge is -2.15. The van der Waals surface area contributed by atoms with E-state index in [0.29, 0.717) is 38.6 Å². The van der Waals surface area contributed by atoms with E-state index in [2.05, 4.69) is 34.1 Å². The molecule has 5 nitrogen and oxygen atoms in total. The number of amides is 2. The third-order valence-corrected chi connectivity index (χ3v) is 7.43. The number of hydrogen-bond acceptors (Lipinski definition) is 5. The van der Waals surface area contributed by atoms with Crippen molar-refractivity contribution in [2.45, 2.75) is 13.2 Å². The van der Waals surface area contributed by atoms with Crippen LogP contribution in [-0.4, -0.2) is 23.2 Å². The maximum absolute atomic E-state index is 13.2. The molecular formula is C29H21BrFNO4S. The van der Waals surface area contributed by atoms with Gasteiger partial charge in [-0.25, -0.2) is 4.39 Å². The van der Waals surface area contributed by atoms with Crippen LogP contribution >= 0.6 is 27.7 Å². The minimum Gasteiger partial charge on any atom is -0.493 e. The Balaban J connectivity index is 1.36. The molecule has 37 heavy (non-hydrogen) atoms. The van der Waals surface area contributed by atoms with Crippen molar-refractivity contribution in [3.63, 3.8) is 0 Å². The lowest BCUT2D eigenvalue weighted by molar-refractivity contribution is -0.123. The molecule has 0 N–H and O–H groups in total. The molecule has 8 heteroatoms. The van der Waals surface area contributed by atoms with Crippen LogP contribution in [0.1, 0.15) is 16.7 Å². The first kappa shape index (κ1) is 25.0. The van der Waals surface area contributed by atoms with Gasteiger partial charge in [-0.3, -0.25) is 14.5 Å². The van der Waals surface area contributed by atoms with Crippen molar-refractivity contribution in [1.29, 1.82) is 0 Å². The molecule has 186 valence electrons. The first-order valence-corrected chi connectivity index (χ1v) is 13.0. The number of carbonyl (C=O) groups is 2. The molecule has 1 aliphatic heterocycles. The summed E-state index contributed by atoms with van der Waals surface area (Å²) in [6, 6.07) is 23.5. The molecule has 0 spiro atoms. The molecule has 0 unspecified atom stereocenters. The van der Waals surface area contributed by atoms with Crippen molar-refractivity contribution in [2.24, 2.45) is 0 Å². The highest BCUT2D eigenvalue weighted by molar-refractivity contribution is 9.10. The van der Waals surface area contributed by atoms with E-state index in [1.54, 1.807) is 31.4 Å². The summed E-state index contributed by atoms with van der Waals surface area (Å²) in [5.74, 6) is 0.260. The summed E-state index contributed by atoms with van der Waals surface area (Å²) in [7, 11) is 1.55. The lowest BCUT2D eigenvalue weighted by atomic mass is 10.1. The molecule has 0 aromatic heterocycles. The molecule has 0 saturated carbocycles. The van der Waals surface area contributed by atoms with Crippen LogP contribution in [0, 0.1) is 5.82 Å². The van der Waals surface area contributed by atoms with Gasteiger partial charge in [-0.05, 0) is 85.5 Å². The summed E-state index contributed by atoms with van der Waals surface area (Å²) < 4.78 is 25.6. The smallest absolute Gasteiger partial charge is 0.293 e. The second-order valence-corrected chi connectivity index (χ2v) is 10.2. The number of carbonyl (C=O) groups excluding carboxylic acids is 2. The first-order valence-electron chi connectivity index (χ1n) is 11.4. The summed E-state index contributed by atoms with van der Waals surface area (Å²) in [6.45, 7) is 0.425. The Bertz CT molecular complexity index is 1530. The van der Waals surface area contributed by atoms with Crippen molar-refractivity contribution in [1.82, 2.24) is 4.90 Å². The molecule has 0 radical (unpaired) electrons. The van der Waals surface area contributed by atoms with E-state index in [4.69, 9.17) is 9.47 Å². The van der Waals surface area contributed by atoms with Gasteiger partial charge in [0.15, 0.2) is 11.5 Å². The highest BCUT2D eigenvalue weighted by atomic mass is 79.9. The van der Waals surface area contributed by atoms with E-state index in [0.717, 1.165) is 33.0 Å². The van der Waals surface area contributed by atoms with Crippen LogP contribution in [0.25, 0.3) is 16.8 Å². The summed E-state index contributed by atoms with van der Waals surface area (Å²) in [4.78, 5) is 26.9. The standard InChI is InChI=1S/C29H21BrFNO4S/c1-35-25-14-19(15-26-28(33)32(29(34)37-26)16-18-9-11-22(31)12-10-18)13-24(30)27(25)36-17-21-7-4-6-20-5-2-3-8-23(20)21/h2-15H,16-17H2,1H3/b26-15+. The summed E-state index contributed by atoms with van der Waals surface area (Å²) in [6.07, 6.45) is 1.65. The van der Waals surface area contributed by atoms with Gasteiger partial charge in [0.2, 0.25) is 0 Å². The molecular weight excluding hydrogens is 557 g/mol. The number of halogens is 2. The third kappa shape index (κ3) is 5.40. The fraction of sp³-hybridized carbons (Fsp3) is 0.103. The van der Waals surface area contributed by atoms with Crippen molar-refractivity contribution < 1.29 is 23.5 Å². The quantitative estimate of drug-likeness (QED) is 0.212. The third-order valence-electron chi connectivity index (χ3n) is 5.93. The molecule has 1 saturated heterocycles. The zero-order valence-corrected chi connectivity index (χ0v) is 22.1. The van der Waals surface area contributed by atoms with E-state index >= 15 is 0 Å². The van der Waals surface area contributed by atoms with Gasteiger partial charge in [-0.15, -0.1) is 0 Å². The largest absolute Gasteiger partial charge is 0.493 e. The van der Waals surface area contributed by atoms with Crippen LogP contribution in [0.2, 0.25) is 0 Å². The number of benzene rings is 4. The Morgan fingerprint density at radius 1 is 1.00 bits per heavy atom. The Kier molecular flexibility index (Phi) is 7.30. The minimum absolute atomic E-state index is 0.0796. The van der Waals surface area contributed by atoms with Gasteiger partial charge in [0.25, 0.3) is 11.1 Å². The molecule has 4 aromatic carbocycles. The molecule has 0 atom stereocenters. The highest BCUT2D eigenvalue weighted by Gasteiger charge is 2.35. The summed E-state index contributed by atoms with van der Waals surface area (Å²) >= 11 is 4.43. The van der Waals surface area contributed by atoms with E-state index < -0.39 is 5.91 Å². The fourth-order valence-corrected chi connectivity index (χ4v) is 5.50. The van der Waals surface area contributed by atoms with Crippen molar-refractivity contribution in [2.75, 3.05) is 7.11 Å². The molecule has 1 heterocycles. The van der Waals surface area contributed by atoms with Crippen LogP contribution < -0.4 is 9.47 Å². The van der Waals surface area contributed by atoms with Gasteiger partial charge in [0.05, 0.1) is 23.0 Å². The van der Waals surface area contributed by atoms with Crippen LogP contribution in [-0.2, 0) is 17.9 Å². The highest BCUT2D eigenvalue weighted by Crippen LogP contribution is 2.40. The Morgan fingerprint density at radius 3 is 2.54 bits per heavy atom. The molecule has 4 aromatic rings. The number of hydrogen-bond donors (Lipinski definition) is 0. The van der Waals surface area contributed by atoms with Crippen molar-refractivity contribution in [3.8, 4) is 11.5 Å². The number of thioether (sulfide) groups is 1. The van der Waals surface area contributed by atoms with Gasteiger partial charge in [-0.1, -0.05) is 54.6 Å². The molecule has 1 aliphatic rings. The van der Waals surface area contributed by atoms with Gasteiger partial charge in [0, 0.05) is 0 Å². The van der Waals surface area contributed by atoms with Gasteiger partial charge in [0.1, 0.15) is 12.4 Å². The average molecular weight is 578 g/mol. The number of rotatable bonds is 7. The monoisotopic (exact) mass is 577 g/mol. The van der Waals surface area contributed by atoms with Crippen LogP contribution in [0.4, 0.5) is 9.18 Å². The van der Waals surface area contributed by atoms with Crippen molar-refractivity contribution >= 4 is 55.7 Å². The van der Waals surface area contributed by atoms with Crippen molar-refractivity contribution in [3.05, 3.63) is 111 Å². The molecule has 5 rings (SSSR count). The number of fused-ring (bicyclic) bond motifs is 1. The number of imide groups is 1. The minimum atomic E-state index is -0.398. The van der Waals surface area contributed by atoms with Gasteiger partial charge < -0.3 is 9.47 Å². The van der Waals surface area contributed by atoms with E-state index in [-0.39, 0.29) is 17.6 Å². The second-order valence-electron chi connectivity index (χ2n) is 8.36. The predicted octanol–water partition coefficient (Wildman–Crippen LogP) is 7.57. The Hall–Kier alpha value is -3.62. The van der Waals surface area contributed by atoms with Crippen LogP contribution in [0.3, 0.4) is 0 Å². The summed E-state index contributed by atoms with van der Waals surface area (Å²) in [5, 5.41) is 1.88. The molecule has 2 amide bonds. The Labute approximate surface area is 226 Å². The SMILES string of the molecule is COc1cc(/C=C2/SC(=O)N(Cc3ccc(F)cc3)C2=O)cc(Br)c1OCc1cccc2ccccc12. The molecule has 1 fully saturated rings. The topological polar surface area (TPSA) is 55.8 Å². The molecule has 0 aliphatic carbocycles. The van der Waals surface area contributed by atoms with Gasteiger partial charge >= 0.3 is 0 Å². The number of ether oxygens (including phenoxy) is 2. The maximum Gasteiger partial charge on any atom is 0.293 e. The first-order chi connectivity index (χ1) is 17.9. The zero-order chi connectivity index (χ0) is 25.9. The summed E-state index contributed by atoms with van der Waals surface area (Å²) in [5.41, 5.74) is 2.39. The normalized spacial score (nSPS) is 14.6. The number of nitrogens with zero attached hydrogens (tertiary/aromatic N) is 1. The maximum atomic E-state index is 13.2. The number of methoxy groups -OCH3 is 1. The van der Waals surface area contributed by atoms with E-state index in [1.807, 2.05) is 30.3 Å². The average Bonchev–Trinajstić information content (AvgIpc) is 3.16. The van der Waals surface area contributed by atoms with Crippen LogP contribution in [0.15, 0.2) is 88.2 Å². The lowest BCUT2D eigenvalue weighted by Crippen LogP contribution is -2.27. The zero-order valence-electron chi connectivity index (χ0n) is 19.7.